The monoisotopic (exact) mass is 633 g/mol. The van der Waals surface area contributed by atoms with Crippen molar-refractivity contribution in [2.45, 2.75) is 59.4 Å². The zero-order valence-corrected chi connectivity index (χ0v) is 26.4. The second-order valence-corrected chi connectivity index (χ2v) is 11.6. The first kappa shape index (κ1) is 32.6. The van der Waals surface area contributed by atoms with Crippen molar-refractivity contribution in [1.29, 1.82) is 0 Å². The van der Waals surface area contributed by atoms with E-state index in [1.54, 1.807) is 6.92 Å². The fraction of sp³-hybridized carbons (Fsp3) is 0.424. The summed E-state index contributed by atoms with van der Waals surface area (Å²) in [4.78, 5) is 63.8. The van der Waals surface area contributed by atoms with Crippen molar-refractivity contribution in [3.63, 3.8) is 0 Å². The van der Waals surface area contributed by atoms with Crippen LogP contribution in [0.4, 0.5) is 21.7 Å². The molecule has 4 heterocycles. The molecule has 0 amide bonds. The molecule has 0 atom stereocenters. The third kappa shape index (κ3) is 7.04. The van der Waals surface area contributed by atoms with Crippen molar-refractivity contribution in [3.05, 3.63) is 89.6 Å². The number of H-pyrrole nitrogens is 2. The van der Waals surface area contributed by atoms with Crippen LogP contribution in [0.25, 0.3) is 11.0 Å². The van der Waals surface area contributed by atoms with Crippen molar-refractivity contribution in [1.82, 2.24) is 24.4 Å². The summed E-state index contributed by atoms with van der Waals surface area (Å²) in [5.74, 6) is -1.52. The third-order valence-corrected chi connectivity index (χ3v) is 8.63. The average Bonchev–Trinajstić information content (AvgIpc) is 3.03. The Morgan fingerprint density at radius 1 is 0.978 bits per heavy atom. The maximum absolute atomic E-state index is 15.1. The highest BCUT2D eigenvalue weighted by Gasteiger charge is 2.24. The molecule has 0 unspecified atom stereocenters. The number of piperazine rings is 1. The maximum atomic E-state index is 15.1. The summed E-state index contributed by atoms with van der Waals surface area (Å²) in [6.45, 7) is 9.50. The van der Waals surface area contributed by atoms with E-state index in [1.165, 1.54) is 21.8 Å². The highest BCUT2D eigenvalue weighted by Crippen LogP contribution is 2.23. The van der Waals surface area contributed by atoms with Gasteiger partial charge in [-0.3, -0.25) is 24.0 Å². The first-order valence-electron chi connectivity index (χ1n) is 15.8. The molecule has 1 aliphatic rings. The fourth-order valence-corrected chi connectivity index (χ4v) is 5.99. The number of anilines is 3. The highest BCUT2D eigenvalue weighted by atomic mass is 19.1. The number of aromatic amines is 2. The molecule has 0 bridgehead atoms. The minimum absolute atomic E-state index is 0.0842. The Kier molecular flexibility index (Phi) is 10.0. The standard InChI is InChI=1S/C33H40FN7O5/c1-4-21-17-22(10-9-20(21)3)35-26-19-27(42)41(33(46)37-26)12-8-6-7-11-39-13-15-40(16-14-39)31-24(34)18-23-29(43)28(32(44)45)25(5-2)36-30(23)38-31/h9-10,17-19,35H,4-8,11-16H2,1-3H3,(H,37,46)(H,44,45)(H,36,38,43). The van der Waals surface area contributed by atoms with Crippen LogP contribution in [-0.2, 0) is 19.4 Å². The molecule has 0 radical (unpaired) electrons. The number of carboxylic acids is 1. The minimum Gasteiger partial charge on any atom is -0.477 e. The first-order valence-corrected chi connectivity index (χ1v) is 15.8. The van der Waals surface area contributed by atoms with Gasteiger partial charge in [0.25, 0.3) is 5.56 Å². The lowest BCUT2D eigenvalue weighted by atomic mass is 10.1. The average molecular weight is 634 g/mol. The van der Waals surface area contributed by atoms with Gasteiger partial charge in [-0.2, -0.15) is 0 Å². The van der Waals surface area contributed by atoms with E-state index in [0.717, 1.165) is 37.6 Å². The van der Waals surface area contributed by atoms with Crippen molar-refractivity contribution < 1.29 is 14.3 Å². The van der Waals surface area contributed by atoms with Crippen molar-refractivity contribution in [2.75, 3.05) is 42.9 Å². The molecule has 0 saturated carbocycles. The molecular formula is C33H40FN7O5. The number of aromatic nitrogens is 4. The van der Waals surface area contributed by atoms with Gasteiger partial charge in [-0.25, -0.2) is 19.0 Å². The number of carboxylic acid groups (broad SMARTS) is 1. The molecule has 1 fully saturated rings. The van der Waals surface area contributed by atoms with Crippen LogP contribution in [-0.4, -0.2) is 68.2 Å². The number of unbranched alkanes of at least 4 members (excludes halogenated alkanes) is 2. The largest absolute Gasteiger partial charge is 0.477 e. The molecule has 4 N–H and O–H groups in total. The number of nitrogens with one attached hydrogen (secondary N) is 3. The second-order valence-electron chi connectivity index (χ2n) is 11.6. The minimum atomic E-state index is -1.35. The summed E-state index contributed by atoms with van der Waals surface area (Å²) in [6.07, 6.45) is 3.59. The van der Waals surface area contributed by atoms with Gasteiger partial charge in [0, 0.05) is 50.2 Å². The van der Waals surface area contributed by atoms with E-state index in [0.29, 0.717) is 51.4 Å². The number of hydrogen-bond acceptors (Lipinski definition) is 8. The van der Waals surface area contributed by atoms with Crippen LogP contribution in [0, 0.1) is 12.7 Å². The van der Waals surface area contributed by atoms with Gasteiger partial charge in [0.1, 0.15) is 17.0 Å². The molecule has 1 aliphatic heterocycles. The van der Waals surface area contributed by atoms with Gasteiger partial charge in [0.2, 0.25) is 5.43 Å². The number of halogens is 1. The number of rotatable bonds is 12. The second kappa shape index (κ2) is 14.1. The molecule has 1 aromatic carbocycles. The van der Waals surface area contributed by atoms with Gasteiger partial charge in [-0.05, 0) is 68.5 Å². The number of aryl methyl sites for hydroxylation is 3. The summed E-state index contributed by atoms with van der Waals surface area (Å²) in [6, 6.07) is 8.42. The Morgan fingerprint density at radius 3 is 2.39 bits per heavy atom. The molecule has 0 spiro atoms. The number of nitrogens with zero attached hydrogens (tertiary/aromatic N) is 4. The van der Waals surface area contributed by atoms with Crippen LogP contribution in [0.1, 0.15) is 60.3 Å². The van der Waals surface area contributed by atoms with Gasteiger partial charge in [-0.15, -0.1) is 0 Å². The predicted octanol–water partition coefficient (Wildman–Crippen LogP) is 3.78. The zero-order valence-electron chi connectivity index (χ0n) is 26.4. The number of carbonyl (C=O) groups is 1. The Balaban J connectivity index is 1.11. The lowest BCUT2D eigenvalue weighted by molar-refractivity contribution is 0.0694. The van der Waals surface area contributed by atoms with Crippen LogP contribution >= 0.6 is 0 Å². The van der Waals surface area contributed by atoms with Crippen LogP contribution < -0.4 is 26.9 Å². The van der Waals surface area contributed by atoms with E-state index < -0.39 is 22.9 Å². The Hall–Kier alpha value is -4.78. The van der Waals surface area contributed by atoms with Crippen molar-refractivity contribution >= 4 is 34.3 Å². The summed E-state index contributed by atoms with van der Waals surface area (Å²) in [5, 5.41) is 12.5. The Bertz CT molecular complexity index is 1890. The summed E-state index contributed by atoms with van der Waals surface area (Å²) in [7, 11) is 0. The van der Waals surface area contributed by atoms with Crippen molar-refractivity contribution in [2.24, 2.45) is 0 Å². The molecule has 13 heteroatoms. The maximum Gasteiger partial charge on any atom is 0.341 e. The fourth-order valence-electron chi connectivity index (χ4n) is 5.99. The SMILES string of the molecule is CCc1cc(Nc2cc(=O)n(CCCCCN3CCN(c4nc5[nH]c(CC)c(C(=O)O)c(=O)c5cc4F)CC3)c(=O)[nH]2)ccc1C. The van der Waals surface area contributed by atoms with Gasteiger partial charge < -0.3 is 20.3 Å². The molecule has 46 heavy (non-hydrogen) atoms. The van der Waals surface area contributed by atoms with E-state index >= 15 is 4.39 Å². The van der Waals surface area contributed by atoms with E-state index in [2.05, 4.69) is 39.0 Å². The van der Waals surface area contributed by atoms with Gasteiger partial charge in [0.15, 0.2) is 11.6 Å². The van der Waals surface area contributed by atoms with Crippen LogP contribution in [0.15, 0.2) is 44.7 Å². The number of fused-ring (bicyclic) bond motifs is 1. The first-order chi connectivity index (χ1) is 22.1. The molecule has 1 saturated heterocycles. The van der Waals surface area contributed by atoms with Gasteiger partial charge in [0.05, 0.1) is 5.39 Å². The van der Waals surface area contributed by atoms with Gasteiger partial charge >= 0.3 is 11.7 Å². The summed E-state index contributed by atoms with van der Waals surface area (Å²) < 4.78 is 16.3. The van der Waals surface area contributed by atoms with Crippen LogP contribution in [0.5, 0.6) is 0 Å². The van der Waals surface area contributed by atoms with Crippen LogP contribution in [0.3, 0.4) is 0 Å². The normalized spacial score (nSPS) is 13.8. The predicted molar refractivity (Wildman–Crippen MR) is 176 cm³/mol. The lowest BCUT2D eigenvalue weighted by Gasteiger charge is -2.35. The zero-order chi connectivity index (χ0) is 33.0. The summed E-state index contributed by atoms with van der Waals surface area (Å²) >= 11 is 0. The number of pyridine rings is 2. The van der Waals surface area contributed by atoms with E-state index in [-0.39, 0.29) is 33.7 Å². The lowest BCUT2D eigenvalue weighted by Crippen LogP contribution is -2.47. The van der Waals surface area contributed by atoms with E-state index in [9.17, 15) is 24.3 Å². The molecule has 5 rings (SSSR count). The smallest absolute Gasteiger partial charge is 0.341 e. The molecular weight excluding hydrogens is 593 g/mol. The molecule has 4 aromatic rings. The molecule has 12 nitrogen and oxygen atoms in total. The summed E-state index contributed by atoms with van der Waals surface area (Å²) in [5.41, 5.74) is 1.71. The Labute approximate surface area is 264 Å². The van der Waals surface area contributed by atoms with E-state index in [4.69, 9.17) is 0 Å². The Morgan fingerprint density at radius 2 is 1.72 bits per heavy atom. The van der Waals surface area contributed by atoms with E-state index in [1.807, 2.05) is 23.1 Å². The van der Waals surface area contributed by atoms with Crippen LogP contribution in [0.2, 0.25) is 0 Å². The number of benzene rings is 1. The molecule has 0 aliphatic carbocycles. The molecule has 3 aromatic heterocycles. The number of hydrogen-bond donors (Lipinski definition) is 4. The topological polar surface area (TPSA) is 156 Å². The van der Waals surface area contributed by atoms with Crippen molar-refractivity contribution in [3.8, 4) is 0 Å². The van der Waals surface area contributed by atoms with Gasteiger partial charge in [-0.1, -0.05) is 26.3 Å². The quantitative estimate of drug-likeness (QED) is 0.171. The third-order valence-electron chi connectivity index (χ3n) is 8.63. The number of aromatic carboxylic acids is 1. The highest BCUT2D eigenvalue weighted by molar-refractivity contribution is 5.93. The molecule has 244 valence electrons.